The number of carbonyl (C=O) groups is 2. The summed E-state index contributed by atoms with van der Waals surface area (Å²) in [5, 5.41) is 0. The Hall–Kier alpha value is -3.02. The van der Waals surface area contributed by atoms with Crippen molar-refractivity contribution in [3.05, 3.63) is 48.5 Å². The van der Waals surface area contributed by atoms with Gasteiger partial charge in [-0.3, -0.25) is 0 Å². The van der Waals surface area contributed by atoms with E-state index >= 15 is 0 Å². The number of esters is 2. The Morgan fingerprint density at radius 1 is 0.633 bits per heavy atom. The molecule has 0 spiro atoms. The van der Waals surface area contributed by atoms with Crippen LogP contribution in [0.15, 0.2) is 48.5 Å². The van der Waals surface area contributed by atoms with E-state index in [0.717, 1.165) is 11.1 Å². The van der Waals surface area contributed by atoms with Gasteiger partial charge in [-0.2, -0.15) is 0 Å². The molecule has 0 bridgehead atoms. The molecule has 162 valence electrons. The van der Waals surface area contributed by atoms with Crippen LogP contribution in [0.2, 0.25) is 0 Å². The second-order valence-electron chi connectivity index (χ2n) is 8.74. The predicted octanol–water partition coefficient (Wildman–Crippen LogP) is 4.79. The summed E-state index contributed by atoms with van der Waals surface area (Å²) in [6.07, 6.45) is 0. The first kappa shape index (κ1) is 23.3. The smallest absolute Gasteiger partial charge is 0.344 e. The molecule has 30 heavy (non-hydrogen) atoms. The van der Waals surface area contributed by atoms with E-state index in [9.17, 15) is 9.59 Å². The van der Waals surface area contributed by atoms with Crippen LogP contribution in [-0.4, -0.2) is 36.4 Å². The highest BCUT2D eigenvalue weighted by Crippen LogP contribution is 2.36. The van der Waals surface area contributed by atoms with Gasteiger partial charge in [0.2, 0.25) is 0 Å². The standard InChI is InChI=1S/C24H30O6/c1-23(2,3)29-21(25)15-27-19-13-9-7-11-17(19)18-12-8-10-14-20(18)28-16-22(26)30-24(4,5)6/h7-14H,15-16H2,1-6H3. The summed E-state index contributed by atoms with van der Waals surface area (Å²) in [7, 11) is 0. The van der Waals surface area contributed by atoms with E-state index in [-0.39, 0.29) is 13.2 Å². The lowest BCUT2D eigenvalue weighted by Crippen LogP contribution is -2.27. The van der Waals surface area contributed by atoms with Crippen molar-refractivity contribution in [3.8, 4) is 22.6 Å². The molecule has 2 rings (SSSR count). The highest BCUT2D eigenvalue weighted by atomic mass is 16.6. The number of hydrogen-bond acceptors (Lipinski definition) is 6. The Morgan fingerprint density at radius 2 is 0.967 bits per heavy atom. The third-order valence-corrected chi connectivity index (χ3v) is 3.60. The number of para-hydroxylation sites is 2. The minimum Gasteiger partial charge on any atom is -0.481 e. The lowest BCUT2D eigenvalue weighted by Gasteiger charge is -2.21. The Labute approximate surface area is 178 Å². The van der Waals surface area contributed by atoms with Crippen molar-refractivity contribution in [3.63, 3.8) is 0 Å². The van der Waals surface area contributed by atoms with Crippen molar-refractivity contribution < 1.29 is 28.5 Å². The summed E-state index contributed by atoms with van der Waals surface area (Å²) in [4.78, 5) is 24.0. The molecule has 0 aliphatic rings. The van der Waals surface area contributed by atoms with Crippen LogP contribution in [0, 0.1) is 0 Å². The molecule has 0 heterocycles. The predicted molar refractivity (Wildman–Crippen MR) is 115 cm³/mol. The monoisotopic (exact) mass is 414 g/mol. The van der Waals surface area contributed by atoms with Crippen molar-refractivity contribution >= 4 is 11.9 Å². The zero-order chi connectivity index (χ0) is 22.4. The fraction of sp³-hybridized carbons (Fsp3) is 0.417. The number of hydrogen-bond donors (Lipinski definition) is 0. The first-order valence-corrected chi connectivity index (χ1v) is 9.82. The third kappa shape index (κ3) is 7.78. The van der Waals surface area contributed by atoms with Gasteiger partial charge in [0.15, 0.2) is 13.2 Å². The second-order valence-corrected chi connectivity index (χ2v) is 8.74. The Morgan fingerprint density at radius 3 is 1.30 bits per heavy atom. The van der Waals surface area contributed by atoms with Gasteiger partial charge in [0, 0.05) is 11.1 Å². The van der Waals surface area contributed by atoms with Crippen molar-refractivity contribution in [2.24, 2.45) is 0 Å². The third-order valence-electron chi connectivity index (χ3n) is 3.60. The molecule has 0 aromatic heterocycles. The maximum Gasteiger partial charge on any atom is 0.344 e. The largest absolute Gasteiger partial charge is 0.481 e. The molecule has 0 atom stereocenters. The molecule has 0 fully saturated rings. The molecule has 0 saturated carbocycles. The van der Waals surface area contributed by atoms with Gasteiger partial charge in [-0.25, -0.2) is 9.59 Å². The van der Waals surface area contributed by atoms with E-state index in [2.05, 4.69) is 0 Å². The molecule has 0 radical (unpaired) electrons. The molecular weight excluding hydrogens is 384 g/mol. The zero-order valence-electron chi connectivity index (χ0n) is 18.5. The van der Waals surface area contributed by atoms with Gasteiger partial charge < -0.3 is 18.9 Å². The number of carbonyl (C=O) groups excluding carboxylic acids is 2. The molecule has 0 unspecified atom stereocenters. The van der Waals surface area contributed by atoms with Gasteiger partial charge in [-0.05, 0) is 53.7 Å². The van der Waals surface area contributed by atoms with Crippen molar-refractivity contribution in [1.82, 2.24) is 0 Å². The maximum atomic E-state index is 12.0. The van der Waals surface area contributed by atoms with Crippen LogP contribution in [0.5, 0.6) is 11.5 Å². The fourth-order valence-corrected chi connectivity index (χ4v) is 2.65. The van der Waals surface area contributed by atoms with E-state index < -0.39 is 23.1 Å². The Kier molecular flexibility index (Phi) is 7.48. The summed E-state index contributed by atoms with van der Waals surface area (Å²) < 4.78 is 22.0. The van der Waals surface area contributed by atoms with Gasteiger partial charge in [0.05, 0.1) is 0 Å². The molecular formula is C24H30O6. The van der Waals surface area contributed by atoms with E-state index in [1.165, 1.54) is 0 Å². The average Bonchev–Trinajstić information content (AvgIpc) is 2.62. The summed E-state index contributed by atoms with van der Waals surface area (Å²) >= 11 is 0. The first-order chi connectivity index (χ1) is 13.9. The topological polar surface area (TPSA) is 71.1 Å². The summed E-state index contributed by atoms with van der Waals surface area (Å²) in [6, 6.07) is 14.6. The molecule has 2 aromatic rings. The highest BCUT2D eigenvalue weighted by molar-refractivity contribution is 5.78. The second kappa shape index (κ2) is 9.65. The number of benzene rings is 2. The van der Waals surface area contributed by atoms with Crippen LogP contribution in [-0.2, 0) is 19.1 Å². The number of ether oxygens (including phenoxy) is 4. The van der Waals surface area contributed by atoms with Gasteiger partial charge in [0.1, 0.15) is 22.7 Å². The molecule has 0 saturated heterocycles. The summed E-state index contributed by atoms with van der Waals surface area (Å²) in [5.74, 6) is 0.117. The van der Waals surface area contributed by atoms with E-state index in [1.807, 2.05) is 36.4 Å². The quantitative estimate of drug-likeness (QED) is 0.607. The fourth-order valence-electron chi connectivity index (χ4n) is 2.65. The lowest BCUT2D eigenvalue weighted by molar-refractivity contribution is -0.158. The summed E-state index contributed by atoms with van der Waals surface area (Å²) in [6.45, 7) is 10.4. The Balaban J connectivity index is 2.16. The maximum absolute atomic E-state index is 12.0. The van der Waals surface area contributed by atoms with Crippen molar-refractivity contribution in [2.45, 2.75) is 52.7 Å². The van der Waals surface area contributed by atoms with E-state index in [0.29, 0.717) is 11.5 Å². The van der Waals surface area contributed by atoms with Crippen molar-refractivity contribution in [1.29, 1.82) is 0 Å². The van der Waals surface area contributed by atoms with Crippen LogP contribution in [0.25, 0.3) is 11.1 Å². The van der Waals surface area contributed by atoms with Crippen molar-refractivity contribution in [2.75, 3.05) is 13.2 Å². The molecule has 0 N–H and O–H groups in total. The normalized spacial score (nSPS) is 11.5. The molecule has 0 aliphatic heterocycles. The van der Waals surface area contributed by atoms with Gasteiger partial charge in [0.25, 0.3) is 0 Å². The Bertz CT molecular complexity index is 800. The van der Waals surface area contributed by atoms with Gasteiger partial charge in [-0.15, -0.1) is 0 Å². The zero-order valence-corrected chi connectivity index (χ0v) is 18.5. The van der Waals surface area contributed by atoms with Crippen LogP contribution >= 0.6 is 0 Å². The summed E-state index contributed by atoms with van der Waals surface area (Å²) in [5.41, 5.74) is 0.311. The van der Waals surface area contributed by atoms with Gasteiger partial charge >= 0.3 is 11.9 Å². The SMILES string of the molecule is CC(C)(C)OC(=O)COc1ccccc1-c1ccccc1OCC(=O)OC(C)(C)C. The lowest BCUT2D eigenvalue weighted by atomic mass is 10.0. The minimum absolute atomic E-state index is 0.213. The molecule has 0 amide bonds. The van der Waals surface area contributed by atoms with Crippen LogP contribution in [0.1, 0.15) is 41.5 Å². The van der Waals surface area contributed by atoms with Crippen LogP contribution < -0.4 is 9.47 Å². The minimum atomic E-state index is -0.581. The molecule has 6 heteroatoms. The molecule has 0 aliphatic carbocycles. The van der Waals surface area contributed by atoms with E-state index in [1.54, 1.807) is 53.7 Å². The number of rotatable bonds is 7. The first-order valence-electron chi connectivity index (χ1n) is 9.82. The molecule has 6 nitrogen and oxygen atoms in total. The molecule has 2 aromatic carbocycles. The van der Waals surface area contributed by atoms with Gasteiger partial charge in [-0.1, -0.05) is 36.4 Å². The van der Waals surface area contributed by atoms with Crippen LogP contribution in [0.4, 0.5) is 0 Å². The highest BCUT2D eigenvalue weighted by Gasteiger charge is 2.19. The van der Waals surface area contributed by atoms with Crippen LogP contribution in [0.3, 0.4) is 0 Å². The average molecular weight is 414 g/mol. The van der Waals surface area contributed by atoms with E-state index in [4.69, 9.17) is 18.9 Å².